The van der Waals surface area contributed by atoms with Crippen molar-refractivity contribution in [2.24, 2.45) is 0 Å². The Morgan fingerprint density at radius 3 is 2.60 bits per heavy atom. The molecular formula is C14H11BrN2OS2. The Labute approximate surface area is 133 Å². The Bertz CT molecular complexity index is 913. The Morgan fingerprint density at radius 1 is 1.30 bits per heavy atom. The number of benzene rings is 1. The highest BCUT2D eigenvalue weighted by Crippen LogP contribution is 2.24. The molecule has 0 radical (unpaired) electrons. The van der Waals surface area contributed by atoms with Crippen LogP contribution in [0.4, 0.5) is 0 Å². The molecule has 0 aliphatic rings. The lowest BCUT2D eigenvalue weighted by Crippen LogP contribution is -2.20. The molecule has 1 aromatic carbocycles. The van der Waals surface area contributed by atoms with E-state index in [9.17, 15) is 4.79 Å². The maximum atomic E-state index is 12.6. The molecule has 102 valence electrons. The smallest absolute Gasteiger partial charge is 0.267 e. The minimum atomic E-state index is -0.0777. The molecule has 0 aliphatic carbocycles. The molecule has 0 unspecified atom stereocenters. The fourth-order valence-electron chi connectivity index (χ4n) is 2.23. The van der Waals surface area contributed by atoms with Gasteiger partial charge in [0.1, 0.15) is 4.83 Å². The average molecular weight is 367 g/mol. The number of halogens is 1. The normalized spacial score (nSPS) is 11.2. The number of hydrogen-bond donors (Lipinski definition) is 1. The third-order valence-electron chi connectivity index (χ3n) is 3.20. The molecule has 6 heteroatoms. The van der Waals surface area contributed by atoms with Gasteiger partial charge in [0.15, 0.2) is 4.77 Å². The van der Waals surface area contributed by atoms with E-state index < -0.39 is 0 Å². The van der Waals surface area contributed by atoms with E-state index in [2.05, 4.69) is 20.9 Å². The molecule has 0 bridgehead atoms. The van der Waals surface area contributed by atoms with Crippen molar-refractivity contribution in [1.29, 1.82) is 0 Å². The van der Waals surface area contributed by atoms with E-state index in [0.29, 0.717) is 10.2 Å². The molecule has 0 aliphatic heterocycles. The molecule has 2 heterocycles. The van der Waals surface area contributed by atoms with Crippen LogP contribution in [0.25, 0.3) is 15.9 Å². The topological polar surface area (TPSA) is 37.8 Å². The fraction of sp³-hybridized carbons (Fsp3) is 0.143. The van der Waals surface area contributed by atoms with Crippen molar-refractivity contribution < 1.29 is 0 Å². The van der Waals surface area contributed by atoms with Crippen LogP contribution in [-0.2, 0) is 0 Å². The zero-order valence-electron chi connectivity index (χ0n) is 10.9. The van der Waals surface area contributed by atoms with Crippen LogP contribution in [0.2, 0.25) is 0 Å². The van der Waals surface area contributed by atoms with E-state index in [1.165, 1.54) is 11.3 Å². The number of aromatic nitrogens is 2. The Balaban J connectivity index is 2.40. The number of fused-ring (bicyclic) bond motifs is 1. The van der Waals surface area contributed by atoms with E-state index in [0.717, 1.165) is 26.1 Å². The maximum absolute atomic E-state index is 12.6. The van der Waals surface area contributed by atoms with Crippen molar-refractivity contribution in [3.05, 3.63) is 54.3 Å². The number of rotatable bonds is 1. The van der Waals surface area contributed by atoms with Crippen LogP contribution in [-0.4, -0.2) is 9.55 Å². The predicted molar refractivity (Wildman–Crippen MR) is 89.8 cm³/mol. The number of aryl methyl sites for hydroxylation is 2. The van der Waals surface area contributed by atoms with Gasteiger partial charge in [0.2, 0.25) is 0 Å². The molecule has 0 atom stereocenters. The van der Waals surface area contributed by atoms with Crippen LogP contribution in [0.15, 0.2) is 32.8 Å². The minimum Gasteiger partial charge on any atom is -0.323 e. The lowest BCUT2D eigenvalue weighted by atomic mass is 10.1. The van der Waals surface area contributed by atoms with Crippen LogP contribution in [0.1, 0.15) is 11.1 Å². The van der Waals surface area contributed by atoms with Gasteiger partial charge in [-0.3, -0.25) is 9.36 Å². The zero-order chi connectivity index (χ0) is 14.4. The van der Waals surface area contributed by atoms with Gasteiger partial charge < -0.3 is 4.98 Å². The van der Waals surface area contributed by atoms with E-state index in [4.69, 9.17) is 12.2 Å². The van der Waals surface area contributed by atoms with Crippen molar-refractivity contribution in [2.45, 2.75) is 13.8 Å². The Morgan fingerprint density at radius 2 is 1.95 bits per heavy atom. The van der Waals surface area contributed by atoms with Crippen molar-refractivity contribution in [1.82, 2.24) is 9.55 Å². The van der Waals surface area contributed by atoms with Crippen molar-refractivity contribution in [2.75, 3.05) is 0 Å². The molecule has 0 spiro atoms. The second-order valence-corrected chi connectivity index (χ2v) is 6.72. The highest BCUT2D eigenvalue weighted by molar-refractivity contribution is 9.10. The van der Waals surface area contributed by atoms with Crippen molar-refractivity contribution in [3.8, 4) is 5.69 Å². The molecule has 0 saturated carbocycles. The molecule has 0 saturated heterocycles. The molecule has 0 amide bonds. The molecule has 20 heavy (non-hydrogen) atoms. The van der Waals surface area contributed by atoms with Crippen molar-refractivity contribution in [3.63, 3.8) is 0 Å². The molecule has 3 aromatic rings. The number of aromatic amines is 1. The summed E-state index contributed by atoms with van der Waals surface area (Å²) in [6, 6.07) is 5.74. The zero-order valence-corrected chi connectivity index (χ0v) is 14.1. The van der Waals surface area contributed by atoms with Crippen LogP contribution in [0.5, 0.6) is 0 Å². The van der Waals surface area contributed by atoms with Gasteiger partial charge in [-0.15, -0.1) is 11.3 Å². The van der Waals surface area contributed by atoms with E-state index >= 15 is 0 Å². The summed E-state index contributed by atoms with van der Waals surface area (Å²) in [5.74, 6) is 0. The standard InChI is InChI=1S/C14H11BrN2OS2/c1-7-5-9(6-8(2)11(7)15)17-13(18)10-3-4-20-12(10)16-14(17)19/h3-6H,1-2H3,(H,16,19). The van der Waals surface area contributed by atoms with Gasteiger partial charge in [-0.1, -0.05) is 15.9 Å². The summed E-state index contributed by atoms with van der Waals surface area (Å²) in [5, 5.41) is 2.56. The molecule has 2 aromatic heterocycles. The minimum absolute atomic E-state index is 0.0777. The summed E-state index contributed by atoms with van der Waals surface area (Å²) in [7, 11) is 0. The van der Waals surface area contributed by atoms with Gasteiger partial charge in [0.25, 0.3) is 5.56 Å². The quantitative estimate of drug-likeness (QED) is 0.644. The van der Waals surface area contributed by atoms with Gasteiger partial charge in [0.05, 0.1) is 11.1 Å². The van der Waals surface area contributed by atoms with Gasteiger partial charge >= 0.3 is 0 Å². The highest BCUT2D eigenvalue weighted by Gasteiger charge is 2.10. The number of nitrogens with one attached hydrogen (secondary N) is 1. The van der Waals surface area contributed by atoms with Gasteiger partial charge in [0, 0.05) is 4.47 Å². The number of H-pyrrole nitrogens is 1. The molecule has 3 rings (SSSR count). The second kappa shape index (κ2) is 4.95. The summed E-state index contributed by atoms with van der Waals surface area (Å²) in [5.41, 5.74) is 2.87. The number of nitrogens with zero attached hydrogens (tertiary/aromatic N) is 1. The first-order valence-corrected chi connectivity index (χ1v) is 8.07. The van der Waals surface area contributed by atoms with Crippen LogP contribution >= 0.6 is 39.5 Å². The van der Waals surface area contributed by atoms with Gasteiger partial charge in [-0.25, -0.2) is 0 Å². The highest BCUT2D eigenvalue weighted by atomic mass is 79.9. The molecule has 0 fully saturated rings. The van der Waals surface area contributed by atoms with Crippen LogP contribution in [0.3, 0.4) is 0 Å². The van der Waals surface area contributed by atoms with Crippen LogP contribution in [0, 0.1) is 18.6 Å². The fourth-order valence-corrected chi connectivity index (χ4v) is 3.59. The third kappa shape index (κ3) is 2.08. The first-order valence-electron chi connectivity index (χ1n) is 5.98. The first-order chi connectivity index (χ1) is 9.49. The second-order valence-electron chi connectivity index (χ2n) is 4.63. The van der Waals surface area contributed by atoms with E-state index in [1.807, 2.05) is 37.4 Å². The predicted octanol–water partition coefficient (Wildman–Crippen LogP) is 4.49. The Kier molecular flexibility index (Phi) is 3.40. The summed E-state index contributed by atoms with van der Waals surface area (Å²) < 4.78 is 3.03. The van der Waals surface area contributed by atoms with Gasteiger partial charge in [-0.05, 0) is 60.8 Å². The summed E-state index contributed by atoms with van der Waals surface area (Å²) in [6.07, 6.45) is 0. The molecule has 1 N–H and O–H groups in total. The summed E-state index contributed by atoms with van der Waals surface area (Å²) in [6.45, 7) is 4.00. The monoisotopic (exact) mass is 366 g/mol. The SMILES string of the molecule is Cc1cc(-n2c(=S)[nH]c3sccc3c2=O)cc(C)c1Br. The van der Waals surface area contributed by atoms with Crippen molar-refractivity contribution >= 4 is 49.7 Å². The number of thiophene rings is 1. The molecular weight excluding hydrogens is 356 g/mol. The van der Waals surface area contributed by atoms with E-state index in [1.54, 1.807) is 4.57 Å². The summed E-state index contributed by atoms with van der Waals surface area (Å²) >= 11 is 10.4. The lowest BCUT2D eigenvalue weighted by Gasteiger charge is -2.10. The molecule has 3 nitrogen and oxygen atoms in total. The van der Waals surface area contributed by atoms with Gasteiger partial charge in [-0.2, -0.15) is 0 Å². The average Bonchev–Trinajstić information content (AvgIpc) is 2.84. The van der Waals surface area contributed by atoms with E-state index in [-0.39, 0.29) is 5.56 Å². The first kappa shape index (κ1) is 13.7. The summed E-state index contributed by atoms with van der Waals surface area (Å²) in [4.78, 5) is 16.5. The van der Waals surface area contributed by atoms with Crippen LogP contribution < -0.4 is 5.56 Å². The Hall–Kier alpha value is -1.24. The maximum Gasteiger partial charge on any atom is 0.267 e. The largest absolute Gasteiger partial charge is 0.323 e. The lowest BCUT2D eigenvalue weighted by molar-refractivity contribution is 0.938. The number of hydrogen-bond acceptors (Lipinski definition) is 3. The third-order valence-corrected chi connectivity index (χ3v) is 5.57.